The fourth-order valence-electron chi connectivity index (χ4n) is 1.48. The van der Waals surface area contributed by atoms with Crippen molar-refractivity contribution in [2.75, 3.05) is 18.1 Å². The largest absolute Gasteiger partial charge is 0.492 e. The summed E-state index contributed by atoms with van der Waals surface area (Å²) in [6.45, 7) is 1.54. The van der Waals surface area contributed by atoms with Crippen LogP contribution in [0.5, 0.6) is 5.75 Å². The predicted molar refractivity (Wildman–Crippen MR) is 67.8 cm³/mol. The topological polar surface area (TPSA) is 80.7 Å². The summed E-state index contributed by atoms with van der Waals surface area (Å²) in [7, 11) is -3.21. The van der Waals surface area contributed by atoms with E-state index >= 15 is 0 Å². The summed E-state index contributed by atoms with van der Waals surface area (Å²) in [5, 5.41) is 8.88. The van der Waals surface area contributed by atoms with Gasteiger partial charge in [-0.25, -0.2) is 17.6 Å². The summed E-state index contributed by atoms with van der Waals surface area (Å²) in [5.74, 6) is -2.25. The third-order valence-corrected chi connectivity index (χ3v) is 4.16. The summed E-state index contributed by atoms with van der Waals surface area (Å²) in [6.07, 6.45) is 0.503. The molecule has 0 fully saturated rings. The lowest BCUT2D eigenvalue weighted by atomic mass is 10.2. The highest BCUT2D eigenvalue weighted by atomic mass is 32.2. The van der Waals surface area contributed by atoms with Crippen molar-refractivity contribution in [3.8, 4) is 5.75 Å². The Morgan fingerprint density at radius 1 is 1.37 bits per heavy atom. The zero-order valence-corrected chi connectivity index (χ0v) is 11.2. The fraction of sp³-hybridized carbons (Fsp3) is 0.417. The number of ether oxygens (including phenoxy) is 1. The van der Waals surface area contributed by atoms with E-state index in [4.69, 9.17) is 9.84 Å². The molecule has 1 aromatic rings. The molecular weight excluding hydrogens is 275 g/mol. The Hall–Kier alpha value is -1.63. The van der Waals surface area contributed by atoms with Crippen LogP contribution in [0.2, 0.25) is 0 Å². The molecule has 0 saturated heterocycles. The zero-order valence-electron chi connectivity index (χ0n) is 10.4. The molecule has 7 heteroatoms. The van der Waals surface area contributed by atoms with Gasteiger partial charge in [0.1, 0.15) is 23.7 Å². The Labute approximate surface area is 110 Å². The van der Waals surface area contributed by atoms with Crippen LogP contribution in [0.1, 0.15) is 23.7 Å². The normalized spacial score (nSPS) is 11.3. The number of halogens is 1. The quantitative estimate of drug-likeness (QED) is 0.827. The summed E-state index contributed by atoms with van der Waals surface area (Å²) in [4.78, 5) is 10.9. The summed E-state index contributed by atoms with van der Waals surface area (Å²) >= 11 is 0. The second-order valence-corrected chi connectivity index (χ2v) is 6.25. The second-order valence-electron chi connectivity index (χ2n) is 3.95. The molecule has 106 valence electrons. The van der Waals surface area contributed by atoms with Crippen molar-refractivity contribution in [3.05, 3.63) is 29.6 Å². The lowest BCUT2D eigenvalue weighted by molar-refractivity contribution is 0.0692. The van der Waals surface area contributed by atoms with Gasteiger partial charge in [0.2, 0.25) is 0 Å². The molecule has 1 aromatic carbocycles. The molecule has 5 nitrogen and oxygen atoms in total. The molecule has 0 aliphatic heterocycles. The SMILES string of the molecule is CCCS(=O)(=O)CCOc1cc(F)ccc1C(=O)O. The van der Waals surface area contributed by atoms with Crippen LogP contribution in [-0.2, 0) is 9.84 Å². The van der Waals surface area contributed by atoms with Crippen molar-refractivity contribution >= 4 is 15.8 Å². The first-order valence-corrected chi connectivity index (χ1v) is 7.54. The highest BCUT2D eigenvalue weighted by Crippen LogP contribution is 2.20. The predicted octanol–water partition coefficient (Wildman–Crippen LogP) is 1.73. The van der Waals surface area contributed by atoms with E-state index in [9.17, 15) is 17.6 Å². The Morgan fingerprint density at radius 2 is 2.05 bits per heavy atom. The lowest BCUT2D eigenvalue weighted by Crippen LogP contribution is -2.17. The Kier molecular flexibility index (Phi) is 5.29. The van der Waals surface area contributed by atoms with E-state index < -0.39 is 21.6 Å². The van der Waals surface area contributed by atoms with Crippen LogP contribution >= 0.6 is 0 Å². The molecule has 0 heterocycles. The molecule has 0 radical (unpaired) electrons. The van der Waals surface area contributed by atoms with Gasteiger partial charge in [-0.1, -0.05) is 6.92 Å². The molecule has 0 spiro atoms. The molecule has 0 aliphatic carbocycles. The van der Waals surface area contributed by atoms with Gasteiger partial charge in [-0.2, -0.15) is 0 Å². The Morgan fingerprint density at radius 3 is 2.63 bits per heavy atom. The Bertz CT molecular complexity index is 553. The molecule has 0 unspecified atom stereocenters. The number of carboxylic acids is 1. The van der Waals surface area contributed by atoms with Gasteiger partial charge in [0.25, 0.3) is 0 Å². The first-order chi connectivity index (χ1) is 8.85. The fourth-order valence-corrected chi connectivity index (χ4v) is 2.65. The van der Waals surface area contributed by atoms with E-state index in [1.165, 1.54) is 0 Å². The van der Waals surface area contributed by atoms with Crippen molar-refractivity contribution < 1.29 is 27.4 Å². The van der Waals surface area contributed by atoms with Crippen molar-refractivity contribution in [2.45, 2.75) is 13.3 Å². The number of sulfone groups is 1. The number of carbonyl (C=O) groups is 1. The standard InChI is InChI=1S/C12H15FO5S/c1-2-6-19(16,17)7-5-18-11-8-9(13)3-4-10(11)12(14)15/h3-4,8H,2,5-7H2,1H3,(H,14,15). The monoisotopic (exact) mass is 290 g/mol. The van der Waals surface area contributed by atoms with Crippen LogP contribution in [0.4, 0.5) is 4.39 Å². The van der Waals surface area contributed by atoms with Crippen molar-refractivity contribution in [3.63, 3.8) is 0 Å². The summed E-state index contributed by atoms with van der Waals surface area (Å²) < 4.78 is 40.9. The van der Waals surface area contributed by atoms with E-state index in [2.05, 4.69) is 0 Å². The second kappa shape index (κ2) is 6.51. The molecule has 0 aromatic heterocycles. The number of carboxylic acid groups (broad SMARTS) is 1. The number of hydrogen-bond acceptors (Lipinski definition) is 4. The van der Waals surface area contributed by atoms with Gasteiger partial charge in [-0.15, -0.1) is 0 Å². The summed E-state index contributed by atoms with van der Waals surface area (Å²) in [5.41, 5.74) is -0.200. The van der Waals surface area contributed by atoms with Crippen molar-refractivity contribution in [1.29, 1.82) is 0 Å². The molecule has 0 amide bonds. The molecule has 19 heavy (non-hydrogen) atoms. The number of aromatic carboxylic acids is 1. The molecule has 0 saturated carbocycles. The maximum absolute atomic E-state index is 13.0. The molecule has 1 rings (SSSR count). The number of rotatable bonds is 7. The van der Waals surface area contributed by atoms with Gasteiger partial charge < -0.3 is 9.84 Å². The number of hydrogen-bond donors (Lipinski definition) is 1. The van der Waals surface area contributed by atoms with E-state index in [-0.39, 0.29) is 29.4 Å². The molecule has 1 N–H and O–H groups in total. The summed E-state index contributed by atoms with van der Waals surface area (Å²) in [6, 6.07) is 3.01. The van der Waals surface area contributed by atoms with Crippen LogP contribution in [0.3, 0.4) is 0 Å². The van der Waals surface area contributed by atoms with Gasteiger partial charge in [0.05, 0.1) is 11.5 Å². The lowest BCUT2D eigenvalue weighted by Gasteiger charge is -2.09. The van der Waals surface area contributed by atoms with Gasteiger partial charge >= 0.3 is 5.97 Å². The van der Waals surface area contributed by atoms with Gasteiger partial charge in [0, 0.05) is 6.07 Å². The van der Waals surface area contributed by atoms with E-state index in [1.54, 1.807) is 6.92 Å². The third-order valence-electron chi connectivity index (χ3n) is 2.34. The van der Waals surface area contributed by atoms with Crippen LogP contribution in [-0.4, -0.2) is 37.6 Å². The molecule has 0 atom stereocenters. The average molecular weight is 290 g/mol. The van der Waals surface area contributed by atoms with Crippen LogP contribution in [0.15, 0.2) is 18.2 Å². The van der Waals surface area contributed by atoms with E-state index in [0.717, 1.165) is 18.2 Å². The van der Waals surface area contributed by atoms with Gasteiger partial charge in [-0.05, 0) is 18.6 Å². The van der Waals surface area contributed by atoms with Crippen LogP contribution < -0.4 is 4.74 Å². The van der Waals surface area contributed by atoms with Gasteiger partial charge in [-0.3, -0.25) is 0 Å². The maximum atomic E-state index is 13.0. The average Bonchev–Trinajstić information content (AvgIpc) is 2.28. The van der Waals surface area contributed by atoms with E-state index in [0.29, 0.717) is 6.42 Å². The highest BCUT2D eigenvalue weighted by molar-refractivity contribution is 7.91. The first kappa shape index (κ1) is 15.4. The van der Waals surface area contributed by atoms with E-state index in [1.807, 2.05) is 0 Å². The smallest absolute Gasteiger partial charge is 0.339 e. The molecule has 0 aliphatic rings. The first-order valence-electron chi connectivity index (χ1n) is 5.72. The molecular formula is C12H15FO5S. The van der Waals surface area contributed by atoms with Crippen LogP contribution in [0.25, 0.3) is 0 Å². The molecule has 0 bridgehead atoms. The minimum Gasteiger partial charge on any atom is -0.492 e. The van der Waals surface area contributed by atoms with Crippen molar-refractivity contribution in [2.24, 2.45) is 0 Å². The maximum Gasteiger partial charge on any atom is 0.339 e. The third kappa shape index (κ3) is 4.86. The van der Waals surface area contributed by atoms with Crippen LogP contribution in [0, 0.1) is 5.82 Å². The van der Waals surface area contributed by atoms with Gasteiger partial charge in [0.15, 0.2) is 9.84 Å². The highest BCUT2D eigenvalue weighted by Gasteiger charge is 2.14. The number of benzene rings is 1. The van der Waals surface area contributed by atoms with Crippen molar-refractivity contribution in [1.82, 2.24) is 0 Å². The Balaban J connectivity index is 2.73. The minimum atomic E-state index is -3.21. The minimum absolute atomic E-state index is 0.0469. The zero-order chi connectivity index (χ0) is 14.5.